The van der Waals surface area contributed by atoms with Crippen LogP contribution in [0.15, 0.2) is 0 Å². The first-order valence-electron chi connectivity index (χ1n) is 8.80. The van der Waals surface area contributed by atoms with Gasteiger partial charge in [-0.05, 0) is 57.9 Å². The summed E-state index contributed by atoms with van der Waals surface area (Å²) in [6.45, 7) is 1.23. The van der Waals surface area contributed by atoms with Crippen LogP contribution in [0, 0.1) is 5.92 Å². The van der Waals surface area contributed by atoms with E-state index in [-0.39, 0.29) is 0 Å². The fourth-order valence-corrected chi connectivity index (χ4v) is 5.92. The second-order valence-electron chi connectivity index (χ2n) is 6.99. The van der Waals surface area contributed by atoms with E-state index in [1.807, 2.05) is 11.3 Å². The quantitative estimate of drug-likeness (QED) is 0.918. The van der Waals surface area contributed by atoms with Gasteiger partial charge in [0.2, 0.25) is 0 Å². The molecular formula is C17H27N3S. The molecule has 1 aromatic rings. The highest BCUT2D eigenvalue weighted by atomic mass is 32.1. The summed E-state index contributed by atoms with van der Waals surface area (Å²) < 4.78 is 0. The number of hydrogen-bond donors (Lipinski definition) is 1. The predicted octanol–water partition coefficient (Wildman–Crippen LogP) is 3.90. The zero-order chi connectivity index (χ0) is 14.2. The lowest BCUT2D eigenvalue weighted by molar-refractivity contribution is 0.430. The monoisotopic (exact) mass is 305 g/mol. The van der Waals surface area contributed by atoms with Crippen LogP contribution < -0.4 is 10.2 Å². The summed E-state index contributed by atoms with van der Waals surface area (Å²) in [4.78, 5) is 9.31. The molecule has 3 aliphatic rings. The Bertz CT molecular complexity index is 492. The summed E-state index contributed by atoms with van der Waals surface area (Å²) in [5.74, 6) is 0.938. The van der Waals surface area contributed by atoms with Crippen molar-refractivity contribution in [1.29, 1.82) is 0 Å². The SMILES string of the molecule is CNC1CCCc2sc(N3CCCC3C3CCCC3)nc21. The van der Waals surface area contributed by atoms with Gasteiger partial charge in [0.15, 0.2) is 5.13 Å². The molecule has 1 N–H and O–H groups in total. The zero-order valence-electron chi connectivity index (χ0n) is 13.1. The molecule has 4 rings (SSSR count). The van der Waals surface area contributed by atoms with Crippen LogP contribution in [-0.2, 0) is 6.42 Å². The minimum atomic E-state index is 0.492. The van der Waals surface area contributed by atoms with E-state index >= 15 is 0 Å². The second-order valence-corrected chi connectivity index (χ2v) is 8.05. The molecule has 2 fully saturated rings. The zero-order valence-corrected chi connectivity index (χ0v) is 13.9. The van der Waals surface area contributed by atoms with Crippen molar-refractivity contribution in [1.82, 2.24) is 10.3 Å². The molecule has 0 amide bonds. The van der Waals surface area contributed by atoms with Gasteiger partial charge in [-0.3, -0.25) is 0 Å². The van der Waals surface area contributed by atoms with E-state index in [1.165, 1.54) is 75.2 Å². The van der Waals surface area contributed by atoms with Gasteiger partial charge in [-0.2, -0.15) is 0 Å². The minimum Gasteiger partial charge on any atom is -0.345 e. The minimum absolute atomic E-state index is 0.492. The molecule has 2 atom stereocenters. The van der Waals surface area contributed by atoms with Gasteiger partial charge in [-0.25, -0.2) is 4.98 Å². The lowest BCUT2D eigenvalue weighted by Gasteiger charge is -2.29. The summed E-state index contributed by atoms with van der Waals surface area (Å²) >= 11 is 1.99. The number of thiazole rings is 1. The Hall–Kier alpha value is -0.610. The van der Waals surface area contributed by atoms with Crippen LogP contribution in [0.25, 0.3) is 0 Å². The summed E-state index contributed by atoms with van der Waals surface area (Å²) in [5.41, 5.74) is 1.36. The lowest BCUT2D eigenvalue weighted by atomic mass is 9.96. The maximum Gasteiger partial charge on any atom is 0.186 e. The molecule has 0 spiro atoms. The fraction of sp³-hybridized carbons (Fsp3) is 0.824. The average molecular weight is 305 g/mol. The molecule has 1 saturated carbocycles. The van der Waals surface area contributed by atoms with E-state index in [0.717, 1.165) is 12.0 Å². The molecule has 1 aromatic heterocycles. The smallest absolute Gasteiger partial charge is 0.186 e. The highest BCUT2D eigenvalue weighted by Gasteiger charge is 2.36. The Kier molecular flexibility index (Phi) is 3.92. The van der Waals surface area contributed by atoms with E-state index in [1.54, 1.807) is 4.88 Å². The van der Waals surface area contributed by atoms with E-state index in [9.17, 15) is 0 Å². The summed E-state index contributed by atoms with van der Waals surface area (Å²) in [5, 5.41) is 4.79. The third-order valence-electron chi connectivity index (χ3n) is 5.78. The van der Waals surface area contributed by atoms with Crippen molar-refractivity contribution in [2.45, 2.75) is 69.9 Å². The normalized spacial score (nSPS) is 30.0. The molecular weight excluding hydrogens is 278 g/mol. The van der Waals surface area contributed by atoms with Crippen LogP contribution >= 0.6 is 11.3 Å². The number of aryl methyl sites for hydroxylation is 1. The van der Waals surface area contributed by atoms with Crippen LogP contribution in [0.2, 0.25) is 0 Å². The number of rotatable bonds is 3. The van der Waals surface area contributed by atoms with E-state index in [4.69, 9.17) is 4.98 Å². The Balaban J connectivity index is 1.59. The van der Waals surface area contributed by atoms with Crippen molar-refractivity contribution in [2.24, 2.45) is 5.92 Å². The number of nitrogens with zero attached hydrogens (tertiary/aromatic N) is 2. The van der Waals surface area contributed by atoms with Crippen molar-refractivity contribution in [2.75, 3.05) is 18.5 Å². The first-order valence-corrected chi connectivity index (χ1v) is 9.62. The Labute approximate surface area is 132 Å². The molecule has 2 aliphatic carbocycles. The molecule has 2 unspecified atom stereocenters. The maximum absolute atomic E-state index is 5.09. The largest absolute Gasteiger partial charge is 0.345 e. The molecule has 21 heavy (non-hydrogen) atoms. The standard InChI is InChI=1S/C17H27N3S/c1-18-13-8-4-10-15-16(13)19-17(21-15)20-11-5-9-14(20)12-6-2-3-7-12/h12-14,18H,2-11H2,1H3. The Morgan fingerprint density at radius 1 is 1.10 bits per heavy atom. The van der Waals surface area contributed by atoms with E-state index < -0.39 is 0 Å². The molecule has 116 valence electrons. The van der Waals surface area contributed by atoms with Gasteiger partial charge in [-0.1, -0.05) is 12.8 Å². The predicted molar refractivity (Wildman–Crippen MR) is 89.2 cm³/mol. The number of hydrogen-bond acceptors (Lipinski definition) is 4. The lowest BCUT2D eigenvalue weighted by Crippen LogP contribution is -2.34. The van der Waals surface area contributed by atoms with Gasteiger partial charge in [0.1, 0.15) is 0 Å². The maximum atomic E-state index is 5.09. The van der Waals surface area contributed by atoms with Crippen LogP contribution in [0.1, 0.15) is 68.0 Å². The van der Waals surface area contributed by atoms with Crippen LogP contribution in [-0.4, -0.2) is 24.6 Å². The van der Waals surface area contributed by atoms with Crippen LogP contribution in [0.5, 0.6) is 0 Å². The van der Waals surface area contributed by atoms with Gasteiger partial charge in [0.25, 0.3) is 0 Å². The average Bonchev–Trinajstić information content (AvgIpc) is 3.23. The van der Waals surface area contributed by atoms with Gasteiger partial charge < -0.3 is 10.2 Å². The van der Waals surface area contributed by atoms with Crippen LogP contribution in [0.3, 0.4) is 0 Å². The Morgan fingerprint density at radius 2 is 1.95 bits per heavy atom. The third-order valence-corrected chi connectivity index (χ3v) is 6.95. The first-order chi connectivity index (χ1) is 10.4. The molecule has 1 aliphatic heterocycles. The number of nitrogens with one attached hydrogen (secondary N) is 1. The van der Waals surface area contributed by atoms with Gasteiger partial charge >= 0.3 is 0 Å². The summed E-state index contributed by atoms with van der Waals surface area (Å²) in [7, 11) is 2.08. The molecule has 0 radical (unpaired) electrons. The number of aromatic nitrogens is 1. The number of anilines is 1. The van der Waals surface area contributed by atoms with Crippen molar-refractivity contribution in [3.05, 3.63) is 10.6 Å². The summed E-state index contributed by atoms with van der Waals surface area (Å²) in [6.07, 6.45) is 12.4. The van der Waals surface area contributed by atoms with Crippen molar-refractivity contribution in [3.8, 4) is 0 Å². The first kappa shape index (κ1) is 14.0. The van der Waals surface area contributed by atoms with Gasteiger partial charge in [0, 0.05) is 17.5 Å². The third kappa shape index (κ3) is 2.50. The molecule has 2 heterocycles. The van der Waals surface area contributed by atoms with Crippen molar-refractivity contribution < 1.29 is 0 Å². The van der Waals surface area contributed by atoms with E-state index in [2.05, 4.69) is 17.3 Å². The molecule has 4 heteroatoms. The van der Waals surface area contributed by atoms with Crippen molar-refractivity contribution >= 4 is 16.5 Å². The highest BCUT2D eigenvalue weighted by molar-refractivity contribution is 7.15. The molecule has 1 saturated heterocycles. The highest BCUT2D eigenvalue weighted by Crippen LogP contribution is 2.42. The summed E-state index contributed by atoms with van der Waals surface area (Å²) in [6, 6.07) is 1.28. The molecule has 0 bridgehead atoms. The van der Waals surface area contributed by atoms with E-state index in [0.29, 0.717) is 6.04 Å². The Morgan fingerprint density at radius 3 is 2.76 bits per heavy atom. The van der Waals surface area contributed by atoms with Gasteiger partial charge in [0.05, 0.1) is 11.7 Å². The second kappa shape index (κ2) is 5.88. The van der Waals surface area contributed by atoms with Gasteiger partial charge in [-0.15, -0.1) is 11.3 Å². The van der Waals surface area contributed by atoms with Crippen LogP contribution in [0.4, 0.5) is 5.13 Å². The molecule has 0 aromatic carbocycles. The van der Waals surface area contributed by atoms with Crippen molar-refractivity contribution in [3.63, 3.8) is 0 Å². The number of fused-ring (bicyclic) bond motifs is 1. The topological polar surface area (TPSA) is 28.2 Å². The fourth-order valence-electron chi connectivity index (χ4n) is 4.67. The molecule has 3 nitrogen and oxygen atoms in total.